The summed E-state index contributed by atoms with van der Waals surface area (Å²) in [5.74, 6) is 0.463. The number of pyridine rings is 1. The lowest BCUT2D eigenvalue weighted by Gasteiger charge is -2.28. The average Bonchev–Trinajstić information content (AvgIpc) is 2.89. The molecule has 0 aromatic carbocycles. The lowest BCUT2D eigenvalue weighted by molar-refractivity contribution is -0.126. The van der Waals surface area contributed by atoms with Crippen molar-refractivity contribution < 1.29 is 18.3 Å². The summed E-state index contributed by atoms with van der Waals surface area (Å²) in [6, 6.07) is 4.03. The Balaban J connectivity index is 1.62. The van der Waals surface area contributed by atoms with Gasteiger partial charge in [-0.05, 0) is 44.2 Å². The fourth-order valence-corrected chi connectivity index (χ4v) is 6.34. The highest BCUT2D eigenvalue weighted by molar-refractivity contribution is 7.89. The third kappa shape index (κ3) is 5.59. The van der Waals surface area contributed by atoms with E-state index in [-0.39, 0.29) is 29.4 Å². The zero-order chi connectivity index (χ0) is 21.7. The number of carbonyl (C=O) groups excluding carboxylic acids is 1. The van der Waals surface area contributed by atoms with Gasteiger partial charge in [-0.25, -0.2) is 13.4 Å². The van der Waals surface area contributed by atoms with E-state index in [9.17, 15) is 18.3 Å². The third-order valence-electron chi connectivity index (χ3n) is 6.62. The number of aromatic nitrogens is 1. The quantitative estimate of drug-likeness (QED) is 0.713. The third-order valence-corrected chi connectivity index (χ3v) is 8.51. The number of hydrogen-bond donors (Lipinski definition) is 2. The SMILES string of the molecule is C[C@@H]1CC[C@H](NC(=O)[C@@H](C)CC2CCCCC2)[C@@H](O)CN1S(=O)(=O)c1ccccn1. The van der Waals surface area contributed by atoms with Crippen molar-refractivity contribution in [3.05, 3.63) is 24.4 Å². The van der Waals surface area contributed by atoms with E-state index >= 15 is 0 Å². The van der Waals surface area contributed by atoms with Crippen LogP contribution in [0.4, 0.5) is 0 Å². The number of nitrogens with zero attached hydrogens (tertiary/aromatic N) is 2. The van der Waals surface area contributed by atoms with Crippen LogP contribution in [-0.4, -0.2) is 53.5 Å². The number of nitrogens with one attached hydrogen (secondary N) is 1. The molecule has 1 saturated heterocycles. The van der Waals surface area contributed by atoms with Crippen molar-refractivity contribution in [1.82, 2.24) is 14.6 Å². The van der Waals surface area contributed by atoms with Gasteiger partial charge in [0.05, 0.1) is 12.1 Å². The predicted molar refractivity (Wildman–Crippen MR) is 115 cm³/mol. The zero-order valence-corrected chi connectivity index (χ0v) is 18.9. The first-order chi connectivity index (χ1) is 14.3. The maximum absolute atomic E-state index is 13.0. The molecule has 0 unspecified atom stereocenters. The normalized spacial score (nSPS) is 27.9. The van der Waals surface area contributed by atoms with E-state index in [2.05, 4.69) is 10.3 Å². The minimum absolute atomic E-state index is 0.0207. The van der Waals surface area contributed by atoms with Crippen molar-refractivity contribution >= 4 is 15.9 Å². The van der Waals surface area contributed by atoms with E-state index in [1.165, 1.54) is 48.7 Å². The van der Waals surface area contributed by atoms with Gasteiger partial charge in [0.25, 0.3) is 10.0 Å². The molecule has 1 aliphatic heterocycles. The van der Waals surface area contributed by atoms with Crippen LogP contribution in [0.5, 0.6) is 0 Å². The van der Waals surface area contributed by atoms with Crippen LogP contribution in [0.3, 0.4) is 0 Å². The number of carbonyl (C=O) groups is 1. The number of aliphatic hydroxyl groups is 1. The Hall–Kier alpha value is -1.51. The van der Waals surface area contributed by atoms with Gasteiger partial charge in [0.2, 0.25) is 5.91 Å². The van der Waals surface area contributed by atoms with Crippen molar-refractivity contribution in [2.45, 2.75) is 88.4 Å². The fraction of sp³-hybridized carbons (Fsp3) is 0.727. The Kier molecular flexibility index (Phi) is 7.87. The van der Waals surface area contributed by atoms with Crippen LogP contribution in [0.15, 0.2) is 29.4 Å². The number of aliphatic hydroxyl groups excluding tert-OH is 1. The van der Waals surface area contributed by atoms with Crippen molar-refractivity contribution in [3.63, 3.8) is 0 Å². The van der Waals surface area contributed by atoms with Crippen molar-refractivity contribution in [2.75, 3.05) is 6.54 Å². The number of rotatable bonds is 6. The second-order valence-corrected chi connectivity index (χ2v) is 10.8. The summed E-state index contributed by atoms with van der Waals surface area (Å²) in [5.41, 5.74) is 0. The summed E-state index contributed by atoms with van der Waals surface area (Å²) >= 11 is 0. The Morgan fingerprint density at radius 2 is 1.97 bits per heavy atom. The molecule has 1 saturated carbocycles. The van der Waals surface area contributed by atoms with E-state index in [1.54, 1.807) is 12.1 Å². The minimum atomic E-state index is -3.81. The highest BCUT2D eigenvalue weighted by Crippen LogP contribution is 2.29. The molecule has 4 atom stereocenters. The lowest BCUT2D eigenvalue weighted by atomic mass is 9.83. The second-order valence-electron chi connectivity index (χ2n) is 8.99. The van der Waals surface area contributed by atoms with Gasteiger partial charge < -0.3 is 10.4 Å². The predicted octanol–water partition coefficient (Wildman–Crippen LogP) is 2.71. The molecule has 30 heavy (non-hydrogen) atoms. The van der Waals surface area contributed by atoms with Crippen LogP contribution >= 0.6 is 0 Å². The molecule has 7 nitrogen and oxygen atoms in total. The molecular formula is C22H35N3O4S. The second kappa shape index (κ2) is 10.2. The van der Waals surface area contributed by atoms with E-state index in [0.717, 1.165) is 6.42 Å². The van der Waals surface area contributed by atoms with Gasteiger partial charge in [-0.15, -0.1) is 0 Å². The summed E-state index contributed by atoms with van der Waals surface area (Å²) in [6.45, 7) is 3.73. The van der Waals surface area contributed by atoms with E-state index in [4.69, 9.17) is 0 Å². The molecule has 2 heterocycles. The molecule has 1 aromatic rings. The monoisotopic (exact) mass is 437 g/mol. The van der Waals surface area contributed by atoms with Gasteiger partial charge in [-0.2, -0.15) is 4.31 Å². The van der Waals surface area contributed by atoms with Gasteiger partial charge >= 0.3 is 0 Å². The zero-order valence-electron chi connectivity index (χ0n) is 18.0. The van der Waals surface area contributed by atoms with Crippen LogP contribution < -0.4 is 5.32 Å². The molecule has 1 aromatic heterocycles. The molecule has 2 N–H and O–H groups in total. The molecule has 0 radical (unpaired) electrons. The molecule has 168 valence electrons. The molecular weight excluding hydrogens is 402 g/mol. The summed E-state index contributed by atoms with van der Waals surface area (Å²) in [4.78, 5) is 16.7. The number of amides is 1. The number of β-amino-alcohol motifs (C(OH)–C–C–N with tert-alkyl or cyclic N) is 1. The largest absolute Gasteiger partial charge is 0.390 e. The first-order valence-electron chi connectivity index (χ1n) is 11.2. The van der Waals surface area contributed by atoms with Crippen molar-refractivity contribution in [1.29, 1.82) is 0 Å². The number of hydrogen-bond acceptors (Lipinski definition) is 5. The standard InChI is InChI=1S/C22H35N3O4S/c1-16(14-18-8-4-3-5-9-18)22(27)24-19-12-11-17(2)25(15-20(19)26)30(28,29)21-10-6-7-13-23-21/h6-7,10,13,16-20,26H,3-5,8-9,11-12,14-15H2,1-2H3,(H,24,27)/t16-,17+,19-,20-/m0/s1. The highest BCUT2D eigenvalue weighted by Gasteiger charge is 2.38. The van der Waals surface area contributed by atoms with E-state index in [1.807, 2.05) is 13.8 Å². The summed E-state index contributed by atoms with van der Waals surface area (Å²) in [7, 11) is -3.81. The Bertz CT molecular complexity index is 796. The fourth-order valence-electron chi connectivity index (χ4n) is 4.73. The topological polar surface area (TPSA) is 99.6 Å². The smallest absolute Gasteiger partial charge is 0.260 e. The van der Waals surface area contributed by atoms with Crippen LogP contribution in [0.2, 0.25) is 0 Å². The highest BCUT2D eigenvalue weighted by atomic mass is 32.2. The van der Waals surface area contributed by atoms with E-state index in [0.29, 0.717) is 18.8 Å². The molecule has 2 aliphatic rings. The summed E-state index contributed by atoms with van der Waals surface area (Å²) < 4.78 is 27.4. The molecule has 0 spiro atoms. The summed E-state index contributed by atoms with van der Waals surface area (Å²) in [6.07, 6.45) is 8.65. The minimum Gasteiger partial charge on any atom is -0.390 e. The van der Waals surface area contributed by atoms with Crippen LogP contribution in [0, 0.1) is 11.8 Å². The van der Waals surface area contributed by atoms with Gasteiger partial charge in [-0.1, -0.05) is 45.1 Å². The lowest BCUT2D eigenvalue weighted by Crippen LogP contribution is -2.49. The van der Waals surface area contributed by atoms with Gasteiger partial charge in [-0.3, -0.25) is 4.79 Å². The molecule has 8 heteroatoms. The van der Waals surface area contributed by atoms with Crippen LogP contribution in [0.1, 0.15) is 65.2 Å². The van der Waals surface area contributed by atoms with E-state index < -0.39 is 22.2 Å². The maximum Gasteiger partial charge on any atom is 0.260 e. The van der Waals surface area contributed by atoms with Crippen molar-refractivity contribution in [3.8, 4) is 0 Å². The van der Waals surface area contributed by atoms with Gasteiger partial charge in [0.15, 0.2) is 5.03 Å². The Labute approximate surface area is 180 Å². The van der Waals surface area contributed by atoms with Crippen LogP contribution in [0.25, 0.3) is 0 Å². The Morgan fingerprint density at radius 3 is 2.63 bits per heavy atom. The molecule has 1 amide bonds. The van der Waals surface area contributed by atoms with Gasteiger partial charge in [0, 0.05) is 24.7 Å². The molecule has 0 bridgehead atoms. The average molecular weight is 438 g/mol. The van der Waals surface area contributed by atoms with Gasteiger partial charge in [0.1, 0.15) is 0 Å². The maximum atomic E-state index is 13.0. The van der Waals surface area contributed by atoms with Crippen LogP contribution in [-0.2, 0) is 14.8 Å². The molecule has 3 rings (SSSR count). The summed E-state index contributed by atoms with van der Waals surface area (Å²) in [5, 5.41) is 13.7. The van der Waals surface area contributed by atoms with Crippen molar-refractivity contribution in [2.24, 2.45) is 11.8 Å². The Morgan fingerprint density at radius 1 is 1.23 bits per heavy atom. The number of sulfonamides is 1. The molecule has 1 aliphatic carbocycles. The molecule has 2 fully saturated rings. The first-order valence-corrected chi connectivity index (χ1v) is 12.6. The first kappa shape index (κ1) is 23.2.